The molecule has 3 N–H and O–H groups in total. The third kappa shape index (κ3) is 5.59. The number of carbonyl (C=O) groups excluding carboxylic acids is 1. The van der Waals surface area contributed by atoms with Crippen molar-refractivity contribution in [2.45, 2.75) is 41.7 Å². The Hall–Kier alpha value is -1.83. The summed E-state index contributed by atoms with van der Waals surface area (Å²) in [5.74, 6) is 0.260. The molecule has 2 rings (SSSR count). The Morgan fingerprint density at radius 2 is 1.72 bits per heavy atom. The molecule has 25 heavy (non-hydrogen) atoms. The monoisotopic (exact) mass is 378 g/mol. The fourth-order valence-electron chi connectivity index (χ4n) is 2.18. The summed E-state index contributed by atoms with van der Waals surface area (Å²) in [6.45, 7) is 6.07. The van der Waals surface area contributed by atoms with Gasteiger partial charge in [0.25, 0.3) is 0 Å². The van der Waals surface area contributed by atoms with Crippen molar-refractivity contribution in [2.75, 3.05) is 5.32 Å². The van der Waals surface area contributed by atoms with Crippen LogP contribution in [0.1, 0.15) is 32.3 Å². The van der Waals surface area contributed by atoms with Gasteiger partial charge < -0.3 is 5.32 Å². The summed E-state index contributed by atoms with van der Waals surface area (Å²) in [7, 11) is -3.80. The highest BCUT2D eigenvalue weighted by molar-refractivity contribution is 8.00. The van der Waals surface area contributed by atoms with E-state index in [1.807, 2.05) is 12.1 Å². The number of carbonyl (C=O) groups is 1. The Bertz CT molecular complexity index is 847. The molecule has 1 unspecified atom stereocenters. The van der Waals surface area contributed by atoms with Gasteiger partial charge >= 0.3 is 0 Å². The zero-order chi connectivity index (χ0) is 18.6. The van der Waals surface area contributed by atoms with Gasteiger partial charge in [-0.05, 0) is 48.7 Å². The summed E-state index contributed by atoms with van der Waals surface area (Å²) >= 11 is 1.45. The first-order valence-electron chi connectivity index (χ1n) is 7.87. The lowest BCUT2D eigenvalue weighted by Gasteiger charge is -2.13. The predicted octanol–water partition coefficient (Wildman–Crippen LogP) is 3.58. The summed E-state index contributed by atoms with van der Waals surface area (Å²) in [6, 6.07) is 14.0. The Morgan fingerprint density at radius 1 is 1.08 bits per heavy atom. The number of benzene rings is 2. The number of amides is 1. The number of hydrogen-bond donors (Lipinski definition) is 2. The molecule has 1 amide bonds. The molecule has 2 aromatic carbocycles. The van der Waals surface area contributed by atoms with E-state index < -0.39 is 10.0 Å². The van der Waals surface area contributed by atoms with Crippen molar-refractivity contribution in [3.05, 3.63) is 54.1 Å². The van der Waals surface area contributed by atoms with Crippen molar-refractivity contribution in [2.24, 2.45) is 5.14 Å². The van der Waals surface area contributed by atoms with Gasteiger partial charge in [0.15, 0.2) is 0 Å². The number of rotatable bonds is 6. The molecule has 0 bridgehead atoms. The number of nitrogens with two attached hydrogens (primary N) is 1. The van der Waals surface area contributed by atoms with Crippen LogP contribution in [-0.2, 0) is 14.8 Å². The third-order valence-electron chi connectivity index (χ3n) is 3.66. The molecule has 0 aliphatic carbocycles. The number of thioether (sulfide) groups is 1. The quantitative estimate of drug-likeness (QED) is 0.752. The van der Waals surface area contributed by atoms with Crippen LogP contribution in [0.2, 0.25) is 0 Å². The molecule has 134 valence electrons. The lowest BCUT2D eigenvalue weighted by Crippen LogP contribution is -2.22. The van der Waals surface area contributed by atoms with Crippen LogP contribution in [0.4, 0.5) is 5.69 Å². The van der Waals surface area contributed by atoms with Crippen LogP contribution >= 0.6 is 11.8 Å². The number of nitrogens with one attached hydrogen (secondary N) is 1. The molecule has 0 saturated heterocycles. The SMILES string of the molecule is CC(Sc1ccc(C(C)C)cc1)C(=O)Nc1cccc(S(N)(=O)=O)c1. The van der Waals surface area contributed by atoms with E-state index in [1.165, 1.54) is 35.5 Å². The van der Waals surface area contributed by atoms with Crippen molar-refractivity contribution >= 4 is 33.4 Å². The van der Waals surface area contributed by atoms with Crippen LogP contribution < -0.4 is 10.5 Å². The normalized spacial score (nSPS) is 12.8. The van der Waals surface area contributed by atoms with E-state index in [2.05, 4.69) is 31.3 Å². The van der Waals surface area contributed by atoms with Gasteiger partial charge in [-0.2, -0.15) is 0 Å². The summed E-state index contributed by atoms with van der Waals surface area (Å²) in [5, 5.41) is 7.50. The Balaban J connectivity index is 2.03. The average Bonchev–Trinajstić information content (AvgIpc) is 2.54. The van der Waals surface area contributed by atoms with E-state index in [4.69, 9.17) is 5.14 Å². The lowest BCUT2D eigenvalue weighted by atomic mass is 10.0. The molecule has 0 fully saturated rings. The summed E-state index contributed by atoms with van der Waals surface area (Å²) in [6.07, 6.45) is 0. The maximum absolute atomic E-state index is 12.3. The Kier molecular flexibility index (Phi) is 6.26. The first kappa shape index (κ1) is 19.5. The topological polar surface area (TPSA) is 89.3 Å². The number of hydrogen-bond acceptors (Lipinski definition) is 4. The molecule has 0 aromatic heterocycles. The van der Waals surface area contributed by atoms with Gasteiger partial charge in [0.1, 0.15) is 0 Å². The van der Waals surface area contributed by atoms with Crippen molar-refractivity contribution < 1.29 is 13.2 Å². The largest absolute Gasteiger partial charge is 0.325 e. The van der Waals surface area contributed by atoms with Crippen molar-refractivity contribution in [3.8, 4) is 0 Å². The molecule has 0 aliphatic heterocycles. The number of sulfonamides is 1. The van der Waals surface area contributed by atoms with E-state index in [0.717, 1.165) is 4.90 Å². The molecule has 0 spiro atoms. The van der Waals surface area contributed by atoms with Gasteiger partial charge in [0.05, 0.1) is 10.1 Å². The van der Waals surface area contributed by atoms with Crippen molar-refractivity contribution in [1.82, 2.24) is 0 Å². The zero-order valence-electron chi connectivity index (χ0n) is 14.4. The molecule has 0 saturated carbocycles. The average molecular weight is 379 g/mol. The van der Waals surface area contributed by atoms with Gasteiger partial charge in [-0.25, -0.2) is 13.6 Å². The highest BCUT2D eigenvalue weighted by atomic mass is 32.2. The first-order valence-corrected chi connectivity index (χ1v) is 10.3. The van der Waals surface area contributed by atoms with Crippen LogP contribution in [0.15, 0.2) is 58.3 Å². The minimum absolute atomic E-state index is 0.0325. The Labute approximate surface area is 153 Å². The van der Waals surface area contributed by atoms with Gasteiger partial charge in [0, 0.05) is 10.6 Å². The molecule has 0 radical (unpaired) electrons. The van der Waals surface area contributed by atoms with E-state index in [9.17, 15) is 13.2 Å². The molecular formula is C18H22N2O3S2. The van der Waals surface area contributed by atoms with E-state index in [-0.39, 0.29) is 16.1 Å². The highest BCUT2D eigenvalue weighted by Gasteiger charge is 2.16. The Morgan fingerprint density at radius 3 is 2.28 bits per heavy atom. The fourth-order valence-corrected chi connectivity index (χ4v) is 3.61. The van der Waals surface area contributed by atoms with Crippen molar-refractivity contribution in [1.29, 1.82) is 0 Å². The standard InChI is InChI=1S/C18H22N2O3S2/c1-12(2)14-7-9-16(10-8-14)24-13(3)18(21)20-15-5-4-6-17(11-15)25(19,22)23/h4-13H,1-3H3,(H,20,21)(H2,19,22,23). The molecule has 1 atom stereocenters. The van der Waals surface area contributed by atoms with Crippen LogP contribution in [-0.4, -0.2) is 19.6 Å². The van der Waals surface area contributed by atoms with Gasteiger partial charge in [-0.3, -0.25) is 4.79 Å². The molecule has 0 aliphatic rings. The predicted molar refractivity (Wildman–Crippen MR) is 102 cm³/mol. The highest BCUT2D eigenvalue weighted by Crippen LogP contribution is 2.26. The van der Waals surface area contributed by atoms with Gasteiger partial charge in [-0.1, -0.05) is 32.0 Å². The smallest absolute Gasteiger partial charge is 0.238 e. The molecular weight excluding hydrogens is 356 g/mol. The zero-order valence-corrected chi connectivity index (χ0v) is 16.0. The second kappa shape index (κ2) is 8.03. The second-order valence-corrected chi connectivity index (χ2v) is 9.02. The lowest BCUT2D eigenvalue weighted by molar-refractivity contribution is -0.115. The second-order valence-electron chi connectivity index (χ2n) is 6.05. The maximum Gasteiger partial charge on any atom is 0.238 e. The maximum atomic E-state index is 12.3. The molecule has 0 heterocycles. The van der Waals surface area contributed by atoms with Crippen LogP contribution in [0, 0.1) is 0 Å². The molecule has 7 heteroatoms. The van der Waals surface area contributed by atoms with Crippen LogP contribution in [0.5, 0.6) is 0 Å². The summed E-state index contributed by atoms with van der Waals surface area (Å²) in [4.78, 5) is 13.3. The first-order chi connectivity index (χ1) is 11.7. The van der Waals surface area contributed by atoms with Crippen LogP contribution in [0.3, 0.4) is 0 Å². The number of anilines is 1. The number of primary sulfonamides is 1. The summed E-state index contributed by atoms with van der Waals surface area (Å²) in [5.41, 5.74) is 1.65. The van der Waals surface area contributed by atoms with E-state index in [1.54, 1.807) is 13.0 Å². The van der Waals surface area contributed by atoms with Crippen LogP contribution in [0.25, 0.3) is 0 Å². The summed E-state index contributed by atoms with van der Waals surface area (Å²) < 4.78 is 22.8. The minimum atomic E-state index is -3.80. The van der Waals surface area contributed by atoms with Crippen molar-refractivity contribution in [3.63, 3.8) is 0 Å². The van der Waals surface area contributed by atoms with E-state index in [0.29, 0.717) is 11.6 Å². The van der Waals surface area contributed by atoms with Gasteiger partial charge in [-0.15, -0.1) is 11.8 Å². The van der Waals surface area contributed by atoms with Gasteiger partial charge in [0.2, 0.25) is 15.9 Å². The third-order valence-corrected chi connectivity index (χ3v) is 5.68. The van der Waals surface area contributed by atoms with E-state index >= 15 is 0 Å². The molecule has 2 aromatic rings. The molecule has 5 nitrogen and oxygen atoms in total. The minimum Gasteiger partial charge on any atom is -0.325 e. The fraction of sp³-hybridized carbons (Fsp3) is 0.278.